The van der Waals surface area contributed by atoms with Gasteiger partial charge in [-0.2, -0.15) is 0 Å². The summed E-state index contributed by atoms with van der Waals surface area (Å²) >= 11 is 0. The van der Waals surface area contributed by atoms with Crippen molar-refractivity contribution in [2.45, 2.75) is 13.0 Å². The first-order chi connectivity index (χ1) is 16.7. The number of carbonyl (C=O) groups is 2. The molecule has 9 nitrogen and oxygen atoms in total. The number of likely N-dealkylation sites (N-methyl/N-ethyl adjacent to an activating group) is 1. The third-order valence-electron chi connectivity index (χ3n) is 6.08. The Kier molecular flexibility index (Phi) is 7.91. The molecule has 35 heavy (non-hydrogen) atoms. The number of likely N-dealkylation sites (tertiary alicyclic amines) is 1. The molecule has 0 aliphatic carbocycles. The monoisotopic (exact) mass is 485 g/mol. The lowest BCUT2D eigenvalue weighted by Gasteiger charge is -2.27. The van der Waals surface area contributed by atoms with E-state index < -0.39 is 17.7 Å². The largest absolute Gasteiger partial charge is 0.507 e. The number of methoxy groups -OCH3 is 4. The van der Waals surface area contributed by atoms with Gasteiger partial charge >= 0.3 is 0 Å². The Bertz CT molecular complexity index is 1130. The van der Waals surface area contributed by atoms with Crippen LogP contribution in [0.15, 0.2) is 35.9 Å². The summed E-state index contributed by atoms with van der Waals surface area (Å²) in [5.41, 5.74) is 1.71. The number of amides is 1. The van der Waals surface area contributed by atoms with Gasteiger partial charge in [0.2, 0.25) is 5.75 Å². The van der Waals surface area contributed by atoms with Crippen molar-refractivity contribution in [3.63, 3.8) is 0 Å². The molecule has 1 saturated heterocycles. The number of hydrogen-bond acceptors (Lipinski definition) is 7. The molecule has 1 aliphatic rings. The zero-order chi connectivity index (χ0) is 25.9. The standard InChI is InChI=1S/C26H32N2O7/c1-15-12-17(32-4)8-9-18(15)23(29)21-22(28(11-10-27(2)3)26(31)24(21)30)16-13-19(33-5)25(35-7)20(14-16)34-6/h8-9,12-14,22,29H,10-11H2,1-7H3/p+1/b23-21+/t22-/m1/s1. The first kappa shape index (κ1) is 25.9. The van der Waals surface area contributed by atoms with E-state index in [9.17, 15) is 14.7 Å². The first-order valence-corrected chi connectivity index (χ1v) is 11.2. The van der Waals surface area contributed by atoms with Gasteiger partial charge in [-0.25, -0.2) is 0 Å². The quantitative estimate of drug-likeness (QED) is 0.316. The number of aliphatic hydroxyl groups excluding tert-OH is 1. The van der Waals surface area contributed by atoms with Crippen LogP contribution in [0.25, 0.3) is 5.76 Å². The van der Waals surface area contributed by atoms with Crippen molar-refractivity contribution in [3.05, 3.63) is 52.6 Å². The van der Waals surface area contributed by atoms with Crippen LogP contribution in [0.1, 0.15) is 22.7 Å². The van der Waals surface area contributed by atoms with Gasteiger partial charge in [0, 0.05) is 5.56 Å². The van der Waals surface area contributed by atoms with Crippen molar-refractivity contribution in [1.82, 2.24) is 4.90 Å². The molecule has 3 rings (SSSR count). The molecular formula is C26H33N2O7+. The molecule has 0 unspecified atom stereocenters. The molecule has 1 atom stereocenters. The van der Waals surface area contributed by atoms with Crippen molar-refractivity contribution in [3.8, 4) is 23.0 Å². The second-order valence-corrected chi connectivity index (χ2v) is 8.59. The number of nitrogens with one attached hydrogen (secondary N) is 1. The fraction of sp³-hybridized carbons (Fsp3) is 0.385. The molecule has 1 heterocycles. The number of carbonyl (C=O) groups excluding carboxylic acids is 2. The third-order valence-corrected chi connectivity index (χ3v) is 6.08. The van der Waals surface area contributed by atoms with Crippen molar-refractivity contribution >= 4 is 17.4 Å². The average molecular weight is 486 g/mol. The van der Waals surface area contributed by atoms with Crippen molar-refractivity contribution in [2.75, 3.05) is 55.6 Å². The second-order valence-electron chi connectivity index (χ2n) is 8.59. The third kappa shape index (κ3) is 4.90. The van der Waals surface area contributed by atoms with Crippen molar-refractivity contribution in [1.29, 1.82) is 0 Å². The van der Waals surface area contributed by atoms with E-state index in [2.05, 4.69) is 0 Å². The predicted octanol–water partition coefficient (Wildman–Crippen LogP) is 1.60. The van der Waals surface area contributed by atoms with E-state index in [-0.39, 0.29) is 11.3 Å². The highest BCUT2D eigenvalue weighted by Gasteiger charge is 2.46. The Balaban J connectivity index is 2.27. The number of rotatable bonds is 9. The maximum atomic E-state index is 13.3. The van der Waals surface area contributed by atoms with Crippen LogP contribution < -0.4 is 23.8 Å². The Morgan fingerprint density at radius 3 is 2.09 bits per heavy atom. The lowest BCUT2D eigenvalue weighted by molar-refractivity contribution is -0.857. The molecule has 1 aliphatic heterocycles. The molecule has 0 radical (unpaired) electrons. The minimum atomic E-state index is -0.843. The molecule has 2 N–H and O–H groups in total. The number of ketones is 1. The molecule has 0 saturated carbocycles. The summed E-state index contributed by atoms with van der Waals surface area (Å²) in [6.07, 6.45) is 0. The normalized spacial score (nSPS) is 17.1. The van der Waals surface area contributed by atoms with Crippen LogP contribution in [0.5, 0.6) is 23.0 Å². The maximum absolute atomic E-state index is 13.3. The van der Waals surface area contributed by atoms with Crippen molar-refractivity contribution in [2.24, 2.45) is 0 Å². The highest BCUT2D eigenvalue weighted by molar-refractivity contribution is 6.46. The molecule has 0 aromatic heterocycles. The molecule has 0 spiro atoms. The maximum Gasteiger partial charge on any atom is 0.295 e. The second kappa shape index (κ2) is 10.7. The van der Waals surface area contributed by atoms with Gasteiger partial charge in [0.25, 0.3) is 11.7 Å². The van der Waals surface area contributed by atoms with Gasteiger partial charge in [-0.05, 0) is 48.4 Å². The fourth-order valence-corrected chi connectivity index (χ4v) is 4.23. The van der Waals surface area contributed by atoms with E-state index in [0.717, 1.165) is 4.90 Å². The van der Waals surface area contributed by atoms with Crippen LogP contribution in [0, 0.1) is 6.92 Å². The lowest BCUT2D eigenvalue weighted by Crippen LogP contribution is -3.06. The molecular weight excluding hydrogens is 452 g/mol. The molecule has 2 aromatic carbocycles. The number of aryl methyl sites for hydroxylation is 1. The minimum Gasteiger partial charge on any atom is -0.507 e. The van der Waals surface area contributed by atoms with E-state index in [0.29, 0.717) is 52.8 Å². The van der Waals surface area contributed by atoms with Crippen LogP contribution in [0.2, 0.25) is 0 Å². The van der Waals surface area contributed by atoms with Crippen molar-refractivity contribution < 1.29 is 38.5 Å². The molecule has 1 fully saturated rings. The summed E-state index contributed by atoms with van der Waals surface area (Å²) in [6.45, 7) is 2.72. The smallest absolute Gasteiger partial charge is 0.295 e. The van der Waals surface area contributed by atoms with Gasteiger partial charge in [-0.3, -0.25) is 9.59 Å². The number of nitrogens with zero attached hydrogens (tertiary/aromatic N) is 1. The summed E-state index contributed by atoms with van der Waals surface area (Å²) in [5, 5.41) is 11.4. The van der Waals surface area contributed by atoms with Gasteiger partial charge < -0.3 is 33.9 Å². The van der Waals surface area contributed by atoms with Gasteiger partial charge in [0.15, 0.2) is 11.5 Å². The number of benzene rings is 2. The van der Waals surface area contributed by atoms with E-state index >= 15 is 0 Å². The number of quaternary nitrogens is 1. The summed E-state index contributed by atoms with van der Waals surface area (Å²) in [6, 6.07) is 7.68. The molecule has 2 aromatic rings. The summed E-state index contributed by atoms with van der Waals surface area (Å²) in [7, 11) is 9.97. The molecule has 9 heteroatoms. The zero-order valence-electron chi connectivity index (χ0n) is 21.2. The topological polar surface area (TPSA) is 99.0 Å². The number of ether oxygens (including phenoxy) is 4. The molecule has 188 valence electrons. The predicted molar refractivity (Wildman–Crippen MR) is 131 cm³/mol. The van der Waals surface area contributed by atoms with Gasteiger partial charge in [0.1, 0.15) is 11.5 Å². The highest BCUT2D eigenvalue weighted by atomic mass is 16.5. The summed E-state index contributed by atoms with van der Waals surface area (Å²) < 4.78 is 21.7. The number of Topliss-reactive ketones (excluding diaryl/α,β-unsaturated/α-hetero) is 1. The van der Waals surface area contributed by atoms with Crippen LogP contribution in [0.3, 0.4) is 0 Å². The lowest BCUT2D eigenvalue weighted by atomic mass is 9.93. The van der Waals surface area contributed by atoms with Crippen LogP contribution in [-0.2, 0) is 9.59 Å². The van der Waals surface area contributed by atoms with Gasteiger partial charge in [-0.1, -0.05) is 0 Å². The van der Waals surface area contributed by atoms with Crippen LogP contribution in [-0.4, -0.2) is 77.3 Å². The molecule has 1 amide bonds. The molecule has 0 bridgehead atoms. The van der Waals surface area contributed by atoms with Crippen LogP contribution >= 0.6 is 0 Å². The van der Waals surface area contributed by atoms with E-state index in [1.165, 1.54) is 26.2 Å². The Hall–Kier alpha value is -3.72. The number of hydrogen-bond donors (Lipinski definition) is 2. The van der Waals surface area contributed by atoms with E-state index in [4.69, 9.17) is 18.9 Å². The van der Waals surface area contributed by atoms with Gasteiger partial charge in [-0.15, -0.1) is 0 Å². The average Bonchev–Trinajstić information content (AvgIpc) is 3.10. The summed E-state index contributed by atoms with van der Waals surface area (Å²) in [4.78, 5) is 29.1. The van der Waals surface area contributed by atoms with Crippen LogP contribution in [0.4, 0.5) is 0 Å². The SMILES string of the molecule is COc1ccc(/C(O)=C2\C(=O)C(=O)N(CC[NH+](C)C)[C@@H]2c2cc(OC)c(OC)c(OC)c2)c(C)c1. The first-order valence-electron chi connectivity index (χ1n) is 11.2. The van der Waals surface area contributed by atoms with E-state index in [1.807, 2.05) is 14.1 Å². The number of aliphatic hydroxyl groups is 1. The summed E-state index contributed by atoms with van der Waals surface area (Å²) in [5.74, 6) is 0.108. The fourth-order valence-electron chi connectivity index (χ4n) is 4.23. The Morgan fingerprint density at radius 1 is 0.971 bits per heavy atom. The Morgan fingerprint density at radius 2 is 1.60 bits per heavy atom. The highest BCUT2D eigenvalue weighted by Crippen LogP contribution is 2.45. The van der Waals surface area contributed by atoms with E-state index in [1.54, 1.807) is 44.4 Å². The van der Waals surface area contributed by atoms with Gasteiger partial charge in [0.05, 0.1) is 67.2 Å². The minimum absolute atomic E-state index is 0.00583. The zero-order valence-corrected chi connectivity index (χ0v) is 21.2. The Labute approximate surface area is 205 Å².